The highest BCUT2D eigenvalue weighted by Crippen LogP contribution is 2.12. The van der Waals surface area contributed by atoms with E-state index >= 15 is 0 Å². The van der Waals surface area contributed by atoms with E-state index in [-0.39, 0.29) is 11.8 Å². The van der Waals surface area contributed by atoms with Gasteiger partial charge in [-0.15, -0.1) is 0 Å². The molecule has 0 fully saturated rings. The predicted molar refractivity (Wildman–Crippen MR) is 105 cm³/mol. The number of amides is 2. The maximum absolute atomic E-state index is 12.6. The van der Waals surface area contributed by atoms with Gasteiger partial charge in [0, 0.05) is 11.3 Å². The van der Waals surface area contributed by atoms with Crippen molar-refractivity contribution in [3.63, 3.8) is 0 Å². The Balaban J connectivity index is 2.04. The summed E-state index contributed by atoms with van der Waals surface area (Å²) in [5.41, 5.74) is 2.51. The van der Waals surface area contributed by atoms with Crippen LogP contribution in [0.25, 0.3) is 0 Å². The average molecular weight is 356 g/mol. The lowest BCUT2D eigenvalue weighted by atomic mass is 10.1. The maximum Gasteiger partial charge on any atom is 0.251 e. The summed E-state index contributed by atoms with van der Waals surface area (Å²) in [4.78, 5) is 25.0. The maximum atomic E-state index is 12.6. The van der Waals surface area contributed by atoms with E-state index in [1.165, 1.54) is 5.56 Å². The first-order chi connectivity index (χ1) is 12.1. The molecular formula is C20H24N2O2S. The first-order valence-corrected chi connectivity index (χ1v) is 9.78. The molecule has 0 heterocycles. The Morgan fingerprint density at radius 1 is 1.04 bits per heavy atom. The highest BCUT2D eigenvalue weighted by molar-refractivity contribution is 7.98. The predicted octanol–water partition coefficient (Wildman–Crippen LogP) is 3.74. The third-order valence-corrected chi connectivity index (χ3v) is 4.54. The minimum absolute atomic E-state index is 0.192. The van der Waals surface area contributed by atoms with E-state index < -0.39 is 6.04 Å². The zero-order chi connectivity index (χ0) is 18.1. The van der Waals surface area contributed by atoms with Gasteiger partial charge in [-0.3, -0.25) is 9.59 Å². The fraction of sp³-hybridized carbons (Fsp3) is 0.300. The van der Waals surface area contributed by atoms with E-state index in [9.17, 15) is 9.59 Å². The number of nitrogens with one attached hydrogen (secondary N) is 2. The van der Waals surface area contributed by atoms with Crippen LogP contribution in [0, 0.1) is 0 Å². The number of anilines is 1. The first-order valence-electron chi connectivity index (χ1n) is 8.38. The highest BCUT2D eigenvalue weighted by atomic mass is 32.2. The van der Waals surface area contributed by atoms with E-state index in [0.29, 0.717) is 12.0 Å². The lowest BCUT2D eigenvalue weighted by Crippen LogP contribution is -2.44. The first kappa shape index (κ1) is 19.1. The zero-order valence-electron chi connectivity index (χ0n) is 14.6. The molecular weight excluding hydrogens is 332 g/mol. The topological polar surface area (TPSA) is 58.2 Å². The van der Waals surface area contributed by atoms with Crippen LogP contribution in [0.2, 0.25) is 0 Å². The van der Waals surface area contributed by atoms with E-state index in [4.69, 9.17) is 0 Å². The van der Waals surface area contributed by atoms with Gasteiger partial charge in [-0.05, 0) is 54.7 Å². The summed E-state index contributed by atoms with van der Waals surface area (Å²) in [6.07, 6.45) is 3.52. The van der Waals surface area contributed by atoms with E-state index in [1.54, 1.807) is 36.0 Å². The summed E-state index contributed by atoms with van der Waals surface area (Å²) in [7, 11) is 0. The van der Waals surface area contributed by atoms with Crippen molar-refractivity contribution >= 4 is 29.3 Å². The third kappa shape index (κ3) is 5.94. The number of benzene rings is 2. The van der Waals surface area contributed by atoms with Gasteiger partial charge in [-0.1, -0.05) is 37.3 Å². The number of hydrogen-bond acceptors (Lipinski definition) is 3. The second-order valence-corrected chi connectivity index (χ2v) is 6.70. The summed E-state index contributed by atoms with van der Waals surface area (Å²) >= 11 is 1.65. The van der Waals surface area contributed by atoms with E-state index in [0.717, 1.165) is 17.9 Å². The number of rotatable bonds is 8. The third-order valence-electron chi connectivity index (χ3n) is 3.90. The van der Waals surface area contributed by atoms with Gasteiger partial charge in [0.05, 0.1) is 0 Å². The van der Waals surface area contributed by atoms with Crippen LogP contribution in [0.15, 0.2) is 54.6 Å². The van der Waals surface area contributed by atoms with E-state index in [1.807, 2.05) is 36.6 Å². The van der Waals surface area contributed by atoms with Gasteiger partial charge in [0.15, 0.2) is 0 Å². The van der Waals surface area contributed by atoms with Crippen molar-refractivity contribution in [2.75, 3.05) is 17.3 Å². The molecule has 2 amide bonds. The monoisotopic (exact) mass is 356 g/mol. The lowest BCUT2D eigenvalue weighted by molar-refractivity contribution is -0.118. The normalized spacial score (nSPS) is 11.6. The Hall–Kier alpha value is -2.27. The molecule has 0 unspecified atom stereocenters. The molecule has 25 heavy (non-hydrogen) atoms. The van der Waals surface area contributed by atoms with Crippen LogP contribution < -0.4 is 10.6 Å². The molecule has 0 aliphatic rings. The van der Waals surface area contributed by atoms with Gasteiger partial charge in [0.1, 0.15) is 6.04 Å². The molecule has 2 rings (SSSR count). The SMILES string of the molecule is CCc1ccc(NC(=O)[C@H](CCSC)NC(=O)c2ccccc2)cc1. The zero-order valence-corrected chi connectivity index (χ0v) is 15.4. The summed E-state index contributed by atoms with van der Waals surface area (Å²) in [6, 6.07) is 16.2. The van der Waals surface area contributed by atoms with Crippen LogP contribution in [0.4, 0.5) is 5.69 Å². The van der Waals surface area contributed by atoms with Gasteiger partial charge < -0.3 is 10.6 Å². The fourth-order valence-corrected chi connectivity index (χ4v) is 2.86. The van der Waals surface area contributed by atoms with Crippen LogP contribution in [0.1, 0.15) is 29.3 Å². The lowest BCUT2D eigenvalue weighted by Gasteiger charge is -2.18. The van der Waals surface area contributed by atoms with Crippen molar-refractivity contribution in [2.24, 2.45) is 0 Å². The molecule has 0 aliphatic heterocycles. The standard InChI is InChI=1S/C20H24N2O2S/c1-3-15-9-11-17(12-10-15)21-20(24)18(13-14-25-2)22-19(23)16-7-5-4-6-8-16/h4-12,18H,3,13-14H2,1-2H3,(H,21,24)(H,22,23)/t18-/m0/s1. The van der Waals surface area contributed by atoms with Gasteiger partial charge >= 0.3 is 0 Å². The quantitative estimate of drug-likeness (QED) is 0.757. The summed E-state index contributed by atoms with van der Waals surface area (Å²) in [6.45, 7) is 2.09. The number of thioether (sulfide) groups is 1. The molecule has 1 atom stereocenters. The molecule has 0 spiro atoms. The summed E-state index contributed by atoms with van der Waals surface area (Å²) in [5.74, 6) is 0.368. The van der Waals surface area contributed by atoms with Gasteiger partial charge in [-0.25, -0.2) is 0 Å². The smallest absolute Gasteiger partial charge is 0.251 e. The van der Waals surface area contributed by atoms with Crippen molar-refractivity contribution in [3.05, 3.63) is 65.7 Å². The van der Waals surface area contributed by atoms with Crippen molar-refractivity contribution in [1.82, 2.24) is 5.32 Å². The molecule has 4 nitrogen and oxygen atoms in total. The number of carbonyl (C=O) groups is 2. The second-order valence-electron chi connectivity index (χ2n) is 5.71. The van der Waals surface area contributed by atoms with Crippen molar-refractivity contribution in [3.8, 4) is 0 Å². The Labute approximate surface area is 153 Å². The van der Waals surface area contributed by atoms with Crippen molar-refractivity contribution in [1.29, 1.82) is 0 Å². The molecule has 2 aromatic carbocycles. The van der Waals surface area contributed by atoms with Gasteiger partial charge in [0.2, 0.25) is 5.91 Å². The van der Waals surface area contributed by atoms with Crippen LogP contribution in [-0.2, 0) is 11.2 Å². The Morgan fingerprint density at radius 2 is 1.72 bits per heavy atom. The molecule has 0 aromatic heterocycles. The number of aryl methyl sites for hydroxylation is 1. The van der Waals surface area contributed by atoms with Gasteiger partial charge in [0.25, 0.3) is 5.91 Å². The fourth-order valence-electron chi connectivity index (χ4n) is 2.39. The molecule has 132 valence electrons. The minimum atomic E-state index is -0.564. The Morgan fingerprint density at radius 3 is 2.32 bits per heavy atom. The Kier molecular flexibility index (Phi) is 7.54. The summed E-state index contributed by atoms with van der Waals surface area (Å²) < 4.78 is 0. The van der Waals surface area contributed by atoms with Gasteiger partial charge in [-0.2, -0.15) is 11.8 Å². The molecule has 2 aromatic rings. The van der Waals surface area contributed by atoms with Crippen molar-refractivity contribution < 1.29 is 9.59 Å². The highest BCUT2D eigenvalue weighted by Gasteiger charge is 2.21. The summed E-state index contributed by atoms with van der Waals surface area (Å²) in [5, 5.41) is 5.74. The Bertz CT molecular complexity index is 687. The minimum Gasteiger partial charge on any atom is -0.340 e. The van der Waals surface area contributed by atoms with Crippen LogP contribution >= 0.6 is 11.8 Å². The molecule has 0 radical (unpaired) electrons. The molecule has 2 N–H and O–H groups in total. The van der Waals surface area contributed by atoms with Crippen LogP contribution in [0.3, 0.4) is 0 Å². The second kappa shape index (κ2) is 9.89. The largest absolute Gasteiger partial charge is 0.340 e. The molecule has 0 bridgehead atoms. The van der Waals surface area contributed by atoms with Crippen LogP contribution in [-0.4, -0.2) is 29.9 Å². The number of hydrogen-bond donors (Lipinski definition) is 2. The molecule has 5 heteroatoms. The molecule has 0 saturated heterocycles. The molecule has 0 aliphatic carbocycles. The van der Waals surface area contributed by atoms with E-state index in [2.05, 4.69) is 17.6 Å². The number of carbonyl (C=O) groups excluding carboxylic acids is 2. The molecule has 0 saturated carbocycles. The van der Waals surface area contributed by atoms with Crippen molar-refractivity contribution in [2.45, 2.75) is 25.8 Å². The van der Waals surface area contributed by atoms with Crippen LogP contribution in [0.5, 0.6) is 0 Å². The average Bonchev–Trinajstić information content (AvgIpc) is 2.66.